The number of nitrogens with zero attached hydrogens (tertiary/aromatic N) is 4. The number of aromatic nitrogens is 5. The van der Waals surface area contributed by atoms with Crippen molar-refractivity contribution < 1.29 is 9.90 Å². The molecular weight excluding hydrogens is 428 g/mol. The summed E-state index contributed by atoms with van der Waals surface area (Å²) in [6.07, 6.45) is 0.791. The molecule has 0 saturated carbocycles. The number of rotatable bonds is 7. The fourth-order valence-electron chi connectivity index (χ4n) is 3.95. The molecule has 0 aliphatic heterocycles. The van der Waals surface area contributed by atoms with E-state index in [9.17, 15) is 9.90 Å². The lowest BCUT2D eigenvalue weighted by Gasteiger charge is -2.13. The number of nitrogens with one attached hydrogen (secondary N) is 2. The van der Waals surface area contributed by atoms with Crippen molar-refractivity contribution in [3.05, 3.63) is 89.6 Å². The second kappa shape index (κ2) is 9.11. The first-order valence-corrected chi connectivity index (χ1v) is 11.0. The van der Waals surface area contributed by atoms with Crippen molar-refractivity contribution in [2.24, 2.45) is 0 Å². The lowest BCUT2D eigenvalue weighted by molar-refractivity contribution is 0.0697. The molecule has 8 nitrogen and oxygen atoms in total. The van der Waals surface area contributed by atoms with E-state index in [1.807, 2.05) is 30.3 Å². The zero-order valence-corrected chi connectivity index (χ0v) is 18.5. The number of pyridine rings is 1. The Morgan fingerprint density at radius 2 is 1.79 bits per heavy atom. The van der Waals surface area contributed by atoms with Gasteiger partial charge >= 0.3 is 5.97 Å². The summed E-state index contributed by atoms with van der Waals surface area (Å²) in [4.78, 5) is 16.1. The van der Waals surface area contributed by atoms with Crippen LogP contribution in [0.25, 0.3) is 33.4 Å². The predicted molar refractivity (Wildman–Crippen MR) is 130 cm³/mol. The topological polar surface area (TPSA) is 117 Å². The lowest BCUT2D eigenvalue weighted by Crippen LogP contribution is -2.03. The van der Waals surface area contributed by atoms with E-state index in [4.69, 9.17) is 0 Å². The van der Waals surface area contributed by atoms with Gasteiger partial charge in [-0.05, 0) is 52.6 Å². The maximum absolute atomic E-state index is 11.5. The number of aromatic carboxylic acids is 1. The molecule has 2 heterocycles. The molecule has 0 amide bonds. The second-order valence-electron chi connectivity index (χ2n) is 7.88. The Morgan fingerprint density at radius 3 is 2.50 bits per heavy atom. The first-order chi connectivity index (χ1) is 16.6. The van der Waals surface area contributed by atoms with Crippen molar-refractivity contribution in [2.45, 2.75) is 19.9 Å². The third kappa shape index (κ3) is 4.21. The van der Waals surface area contributed by atoms with Crippen LogP contribution in [0, 0.1) is 0 Å². The molecule has 0 radical (unpaired) electrons. The molecule has 0 fully saturated rings. The van der Waals surface area contributed by atoms with Gasteiger partial charge in [-0.15, -0.1) is 10.2 Å². The van der Waals surface area contributed by atoms with E-state index in [1.165, 1.54) is 0 Å². The Balaban J connectivity index is 1.41. The third-order valence-corrected chi connectivity index (χ3v) is 5.73. The molecule has 5 aromatic rings. The van der Waals surface area contributed by atoms with Gasteiger partial charge in [0.25, 0.3) is 0 Å². The van der Waals surface area contributed by atoms with Crippen LogP contribution in [0.1, 0.15) is 28.5 Å². The molecule has 0 atom stereocenters. The van der Waals surface area contributed by atoms with Crippen LogP contribution < -0.4 is 5.32 Å². The molecule has 2 aromatic heterocycles. The van der Waals surface area contributed by atoms with Gasteiger partial charge in [0.05, 0.1) is 11.1 Å². The predicted octanol–water partition coefficient (Wildman–Crippen LogP) is 4.95. The Hall–Kier alpha value is -4.59. The first-order valence-electron chi connectivity index (χ1n) is 11.0. The SMILES string of the molecule is CCc1cc(NCc2ccc(-c3ccccc3-c3nn[nH]n3)cc2)c2cc(C(=O)O)ccc2n1. The number of carbonyl (C=O) groups is 1. The summed E-state index contributed by atoms with van der Waals surface area (Å²) in [6, 6.07) is 23.2. The minimum Gasteiger partial charge on any atom is -0.478 e. The molecule has 0 spiro atoms. The summed E-state index contributed by atoms with van der Waals surface area (Å²) < 4.78 is 0. The van der Waals surface area contributed by atoms with Crippen molar-refractivity contribution in [3.63, 3.8) is 0 Å². The number of tetrazole rings is 1. The van der Waals surface area contributed by atoms with Gasteiger partial charge in [-0.25, -0.2) is 4.79 Å². The van der Waals surface area contributed by atoms with Crippen LogP contribution in [-0.4, -0.2) is 36.7 Å². The number of H-pyrrole nitrogens is 1. The quantitative estimate of drug-likeness (QED) is 0.321. The van der Waals surface area contributed by atoms with Gasteiger partial charge in [0.2, 0.25) is 5.82 Å². The first kappa shape index (κ1) is 21.3. The standard InChI is InChI=1S/C26H22N6O2/c1-2-19-14-24(22-13-18(26(33)34)11-12-23(22)28-19)27-15-16-7-9-17(10-8-16)20-5-3-4-6-21(20)25-29-31-32-30-25/h3-14H,2,15H2,1H3,(H,27,28)(H,33,34)(H,29,30,31,32). The highest BCUT2D eigenvalue weighted by Crippen LogP contribution is 2.30. The molecule has 3 N–H and O–H groups in total. The van der Waals surface area contributed by atoms with Crippen molar-refractivity contribution >= 4 is 22.6 Å². The summed E-state index contributed by atoms with van der Waals surface area (Å²) in [6.45, 7) is 2.64. The molecule has 0 aliphatic rings. The summed E-state index contributed by atoms with van der Waals surface area (Å²) in [5.41, 5.74) is 6.93. The molecule has 34 heavy (non-hydrogen) atoms. The number of fused-ring (bicyclic) bond motifs is 1. The number of aryl methyl sites for hydroxylation is 1. The van der Waals surface area contributed by atoms with E-state index in [0.717, 1.165) is 51.0 Å². The zero-order valence-electron chi connectivity index (χ0n) is 18.5. The molecular formula is C26H22N6O2. The van der Waals surface area contributed by atoms with Crippen LogP contribution in [-0.2, 0) is 13.0 Å². The fourth-order valence-corrected chi connectivity index (χ4v) is 3.95. The average Bonchev–Trinajstić information content (AvgIpc) is 3.42. The smallest absolute Gasteiger partial charge is 0.335 e. The molecule has 5 rings (SSSR count). The van der Waals surface area contributed by atoms with E-state index in [2.05, 4.69) is 62.1 Å². The maximum Gasteiger partial charge on any atom is 0.335 e. The van der Waals surface area contributed by atoms with Crippen molar-refractivity contribution in [2.75, 3.05) is 5.32 Å². The molecule has 0 aliphatic carbocycles. The summed E-state index contributed by atoms with van der Waals surface area (Å²) in [5, 5.41) is 28.0. The summed E-state index contributed by atoms with van der Waals surface area (Å²) >= 11 is 0. The van der Waals surface area contributed by atoms with Crippen LogP contribution in [0.5, 0.6) is 0 Å². The van der Waals surface area contributed by atoms with Gasteiger partial charge in [-0.1, -0.05) is 55.5 Å². The molecule has 0 bridgehead atoms. The van der Waals surface area contributed by atoms with E-state index in [-0.39, 0.29) is 5.56 Å². The van der Waals surface area contributed by atoms with E-state index >= 15 is 0 Å². The van der Waals surface area contributed by atoms with Crippen molar-refractivity contribution in [3.8, 4) is 22.5 Å². The Labute approximate surface area is 195 Å². The average molecular weight is 451 g/mol. The van der Waals surface area contributed by atoms with Crippen LogP contribution in [0.2, 0.25) is 0 Å². The zero-order chi connectivity index (χ0) is 23.5. The molecule has 168 valence electrons. The Bertz CT molecular complexity index is 1460. The summed E-state index contributed by atoms with van der Waals surface area (Å²) in [7, 11) is 0. The highest BCUT2D eigenvalue weighted by Gasteiger charge is 2.12. The van der Waals surface area contributed by atoms with Gasteiger partial charge in [0, 0.05) is 28.9 Å². The minimum atomic E-state index is -0.955. The van der Waals surface area contributed by atoms with E-state index in [1.54, 1.807) is 18.2 Å². The molecule has 8 heteroatoms. The van der Waals surface area contributed by atoms with Crippen molar-refractivity contribution in [1.82, 2.24) is 25.6 Å². The Kier molecular flexibility index (Phi) is 5.70. The molecule has 0 saturated heterocycles. The third-order valence-electron chi connectivity index (χ3n) is 5.73. The normalized spacial score (nSPS) is 11.0. The van der Waals surface area contributed by atoms with Gasteiger partial charge in [-0.2, -0.15) is 5.21 Å². The highest BCUT2D eigenvalue weighted by molar-refractivity contribution is 5.98. The number of anilines is 1. The minimum absolute atomic E-state index is 0.242. The number of aromatic amines is 1. The molecule has 3 aromatic carbocycles. The number of carboxylic acid groups (broad SMARTS) is 1. The van der Waals surface area contributed by atoms with Crippen LogP contribution in [0.3, 0.4) is 0 Å². The Morgan fingerprint density at radius 1 is 1.00 bits per heavy atom. The van der Waals surface area contributed by atoms with Crippen molar-refractivity contribution in [1.29, 1.82) is 0 Å². The van der Waals surface area contributed by atoms with Gasteiger partial charge in [0.15, 0.2) is 0 Å². The lowest BCUT2D eigenvalue weighted by atomic mass is 9.98. The molecule has 0 unspecified atom stereocenters. The number of carboxylic acids is 1. The number of hydrogen-bond donors (Lipinski definition) is 3. The van der Waals surface area contributed by atoms with Gasteiger partial charge < -0.3 is 10.4 Å². The van der Waals surface area contributed by atoms with Gasteiger partial charge in [0.1, 0.15) is 0 Å². The summed E-state index contributed by atoms with van der Waals surface area (Å²) in [5.74, 6) is -0.400. The maximum atomic E-state index is 11.5. The van der Waals surface area contributed by atoms with Crippen LogP contribution >= 0.6 is 0 Å². The highest BCUT2D eigenvalue weighted by atomic mass is 16.4. The number of hydrogen-bond acceptors (Lipinski definition) is 6. The second-order valence-corrected chi connectivity index (χ2v) is 7.88. The van der Waals surface area contributed by atoms with Gasteiger partial charge in [-0.3, -0.25) is 4.98 Å². The van der Waals surface area contributed by atoms with E-state index < -0.39 is 5.97 Å². The fraction of sp³-hybridized carbons (Fsp3) is 0.115. The number of benzene rings is 3. The van der Waals surface area contributed by atoms with Crippen LogP contribution in [0.15, 0.2) is 72.8 Å². The largest absolute Gasteiger partial charge is 0.478 e. The van der Waals surface area contributed by atoms with E-state index in [0.29, 0.717) is 12.4 Å². The monoisotopic (exact) mass is 450 g/mol. The van der Waals surface area contributed by atoms with Crippen LogP contribution in [0.4, 0.5) is 5.69 Å².